The highest BCUT2D eigenvalue weighted by atomic mass is 32.2. The summed E-state index contributed by atoms with van der Waals surface area (Å²) in [5.41, 5.74) is 1.39. The van der Waals surface area contributed by atoms with Crippen molar-refractivity contribution in [3.63, 3.8) is 0 Å². The Hall–Kier alpha value is -2.49. The number of benzene rings is 1. The van der Waals surface area contributed by atoms with Crippen molar-refractivity contribution in [1.82, 2.24) is 9.88 Å². The number of nitrogens with one attached hydrogen (secondary N) is 1. The summed E-state index contributed by atoms with van der Waals surface area (Å²) in [6, 6.07) is 10.6. The molecule has 7 nitrogen and oxygen atoms in total. The summed E-state index contributed by atoms with van der Waals surface area (Å²) >= 11 is 1.61. The lowest BCUT2D eigenvalue weighted by Crippen LogP contribution is -2.44. The van der Waals surface area contributed by atoms with Gasteiger partial charge >= 0.3 is 5.97 Å². The molecule has 9 heteroatoms. The van der Waals surface area contributed by atoms with Gasteiger partial charge in [-0.1, -0.05) is 19.0 Å². The molecular formula is C19H20N2O5S2. The van der Waals surface area contributed by atoms with E-state index < -0.39 is 22.0 Å². The van der Waals surface area contributed by atoms with Crippen LogP contribution >= 0.6 is 11.3 Å². The Balaban J connectivity index is 1.81. The highest BCUT2D eigenvalue weighted by molar-refractivity contribution is 7.89. The summed E-state index contributed by atoms with van der Waals surface area (Å²) in [6.07, 6.45) is 0. The van der Waals surface area contributed by atoms with E-state index in [2.05, 4.69) is 9.88 Å². The summed E-state index contributed by atoms with van der Waals surface area (Å²) in [4.78, 5) is 13.4. The molecule has 0 aliphatic heterocycles. The molecule has 0 aliphatic carbocycles. The minimum atomic E-state index is -3.96. The zero-order chi connectivity index (χ0) is 20.5. The van der Waals surface area contributed by atoms with E-state index in [1.165, 1.54) is 17.0 Å². The van der Waals surface area contributed by atoms with Crippen molar-refractivity contribution in [2.45, 2.75) is 31.7 Å². The number of thiophene rings is 1. The number of carbonyl (C=O) groups is 1. The third-order valence-electron chi connectivity index (χ3n) is 4.17. The van der Waals surface area contributed by atoms with Crippen LogP contribution in [0.5, 0.6) is 0 Å². The first-order valence-corrected chi connectivity index (χ1v) is 10.9. The van der Waals surface area contributed by atoms with Crippen molar-refractivity contribution in [3.05, 3.63) is 47.3 Å². The van der Waals surface area contributed by atoms with E-state index in [1.54, 1.807) is 43.4 Å². The lowest BCUT2D eigenvalue weighted by molar-refractivity contribution is -0.140. The number of hydrogen-bond acceptors (Lipinski definition) is 6. The van der Waals surface area contributed by atoms with Gasteiger partial charge < -0.3 is 9.63 Å². The quantitative estimate of drug-likeness (QED) is 0.602. The highest BCUT2D eigenvalue weighted by Crippen LogP contribution is 2.30. The molecule has 0 bridgehead atoms. The number of aryl methyl sites for hydroxylation is 1. The lowest BCUT2D eigenvalue weighted by atomic mass is 10.1. The molecule has 0 radical (unpaired) electrons. The van der Waals surface area contributed by atoms with Gasteiger partial charge in [-0.25, -0.2) is 8.42 Å². The minimum absolute atomic E-state index is 0.0169. The Bertz CT molecular complexity index is 1080. The van der Waals surface area contributed by atoms with Gasteiger partial charge in [-0.3, -0.25) is 4.79 Å². The van der Waals surface area contributed by atoms with Crippen molar-refractivity contribution in [2.24, 2.45) is 5.92 Å². The maximum Gasteiger partial charge on any atom is 0.322 e. The summed E-state index contributed by atoms with van der Waals surface area (Å²) in [5.74, 6) is -1.09. The van der Waals surface area contributed by atoms with Crippen LogP contribution in [-0.4, -0.2) is 30.7 Å². The molecule has 2 heterocycles. The standard InChI is InChI=1S/C19H20N2O5S2/c1-11(2)18(19(22)23)21-28(24,25)14-7-5-13(6-8-14)16-10-15(20-26-16)17-9-4-12(3)27-17/h4-11,18,21H,1-3H3,(H,22,23). The van der Waals surface area contributed by atoms with Crippen LogP contribution in [-0.2, 0) is 14.8 Å². The molecule has 2 aromatic heterocycles. The molecule has 28 heavy (non-hydrogen) atoms. The van der Waals surface area contributed by atoms with Crippen LogP contribution in [0.3, 0.4) is 0 Å². The molecule has 0 spiro atoms. The number of hydrogen-bond donors (Lipinski definition) is 2. The fourth-order valence-corrected chi connectivity index (χ4v) is 4.76. The number of sulfonamides is 1. The average molecular weight is 421 g/mol. The largest absolute Gasteiger partial charge is 0.480 e. The highest BCUT2D eigenvalue weighted by Gasteiger charge is 2.28. The fourth-order valence-electron chi connectivity index (χ4n) is 2.60. The van der Waals surface area contributed by atoms with E-state index >= 15 is 0 Å². The van der Waals surface area contributed by atoms with Crippen molar-refractivity contribution >= 4 is 27.3 Å². The van der Waals surface area contributed by atoms with Crippen LogP contribution in [0.4, 0.5) is 0 Å². The number of carboxylic acid groups (broad SMARTS) is 1. The number of carboxylic acids is 1. The molecule has 0 saturated carbocycles. The first-order valence-electron chi connectivity index (χ1n) is 8.56. The van der Waals surface area contributed by atoms with Gasteiger partial charge in [0.1, 0.15) is 11.7 Å². The van der Waals surface area contributed by atoms with E-state index in [0.29, 0.717) is 17.0 Å². The van der Waals surface area contributed by atoms with E-state index in [0.717, 1.165) is 4.88 Å². The van der Waals surface area contributed by atoms with Gasteiger partial charge in [0, 0.05) is 16.5 Å². The first kappa shape index (κ1) is 20.2. The van der Waals surface area contributed by atoms with Gasteiger partial charge in [-0.15, -0.1) is 11.3 Å². The molecule has 1 aromatic carbocycles. The maximum atomic E-state index is 12.5. The van der Waals surface area contributed by atoms with Gasteiger partial charge in [0.2, 0.25) is 10.0 Å². The predicted molar refractivity (Wildman–Crippen MR) is 107 cm³/mol. The van der Waals surface area contributed by atoms with Gasteiger partial charge in [0.25, 0.3) is 0 Å². The van der Waals surface area contributed by atoms with E-state index in [1.807, 2.05) is 19.1 Å². The maximum absolute atomic E-state index is 12.5. The summed E-state index contributed by atoms with van der Waals surface area (Å²) in [6.45, 7) is 5.29. The Morgan fingerprint density at radius 2 is 1.86 bits per heavy atom. The van der Waals surface area contributed by atoms with Crippen molar-refractivity contribution < 1.29 is 22.8 Å². The Morgan fingerprint density at radius 1 is 1.18 bits per heavy atom. The van der Waals surface area contributed by atoms with Crippen LogP contribution in [0.1, 0.15) is 18.7 Å². The summed E-state index contributed by atoms with van der Waals surface area (Å²) in [7, 11) is -3.96. The van der Waals surface area contributed by atoms with E-state index in [-0.39, 0.29) is 10.8 Å². The smallest absolute Gasteiger partial charge is 0.322 e. The minimum Gasteiger partial charge on any atom is -0.480 e. The van der Waals surface area contributed by atoms with Crippen molar-refractivity contribution in [3.8, 4) is 21.9 Å². The predicted octanol–water partition coefficient (Wildman–Crippen LogP) is 3.77. The Morgan fingerprint density at radius 3 is 2.39 bits per heavy atom. The van der Waals surface area contributed by atoms with Crippen LogP contribution in [0, 0.1) is 12.8 Å². The SMILES string of the molecule is Cc1ccc(-c2cc(-c3ccc(S(=O)(=O)NC(C(=O)O)C(C)C)cc3)on2)s1. The van der Waals surface area contributed by atoms with Gasteiger partial charge in [-0.05, 0) is 49.2 Å². The second kappa shape index (κ2) is 7.86. The van der Waals surface area contributed by atoms with Gasteiger partial charge in [0.15, 0.2) is 5.76 Å². The second-order valence-corrected chi connectivity index (χ2v) is 9.69. The Kier molecular flexibility index (Phi) is 5.69. The summed E-state index contributed by atoms with van der Waals surface area (Å²) in [5, 5.41) is 13.3. The second-order valence-electron chi connectivity index (χ2n) is 6.69. The fraction of sp³-hybridized carbons (Fsp3) is 0.263. The molecule has 3 aromatic rings. The molecule has 148 valence electrons. The van der Waals surface area contributed by atoms with Gasteiger partial charge in [0.05, 0.1) is 9.77 Å². The van der Waals surface area contributed by atoms with Crippen molar-refractivity contribution in [2.75, 3.05) is 0 Å². The van der Waals surface area contributed by atoms with Crippen LogP contribution in [0.15, 0.2) is 51.9 Å². The van der Waals surface area contributed by atoms with Crippen LogP contribution in [0.2, 0.25) is 0 Å². The van der Waals surface area contributed by atoms with Crippen molar-refractivity contribution in [1.29, 1.82) is 0 Å². The molecule has 3 rings (SSSR count). The zero-order valence-corrected chi connectivity index (χ0v) is 17.2. The Labute approximate surface area is 167 Å². The molecule has 0 saturated heterocycles. The van der Waals surface area contributed by atoms with Crippen LogP contribution < -0.4 is 4.72 Å². The third-order valence-corrected chi connectivity index (χ3v) is 6.65. The van der Waals surface area contributed by atoms with E-state index in [9.17, 15) is 18.3 Å². The molecule has 2 N–H and O–H groups in total. The monoisotopic (exact) mass is 420 g/mol. The molecule has 0 fully saturated rings. The van der Waals surface area contributed by atoms with Gasteiger partial charge in [-0.2, -0.15) is 4.72 Å². The average Bonchev–Trinajstić information content (AvgIpc) is 3.28. The molecular weight excluding hydrogens is 400 g/mol. The van der Waals surface area contributed by atoms with Crippen LogP contribution in [0.25, 0.3) is 21.9 Å². The molecule has 1 unspecified atom stereocenters. The first-order chi connectivity index (χ1) is 13.2. The number of rotatable bonds is 7. The topological polar surface area (TPSA) is 110 Å². The summed E-state index contributed by atoms with van der Waals surface area (Å²) < 4.78 is 32.6. The molecule has 0 aliphatic rings. The van der Waals surface area contributed by atoms with E-state index in [4.69, 9.17) is 4.52 Å². The third kappa shape index (κ3) is 4.32. The number of nitrogens with zero attached hydrogens (tertiary/aromatic N) is 1. The lowest BCUT2D eigenvalue weighted by Gasteiger charge is -2.18. The molecule has 1 atom stereocenters. The molecule has 0 amide bonds. The zero-order valence-electron chi connectivity index (χ0n) is 15.5. The normalized spacial score (nSPS) is 13.0. The number of aromatic nitrogens is 1. The number of aliphatic carboxylic acids is 1.